The van der Waals surface area contributed by atoms with E-state index in [0.717, 1.165) is 30.5 Å². The molecule has 0 amide bonds. The predicted octanol–water partition coefficient (Wildman–Crippen LogP) is 2.18. The summed E-state index contributed by atoms with van der Waals surface area (Å²) in [6.07, 6.45) is 8.34. The van der Waals surface area contributed by atoms with E-state index >= 15 is 0 Å². The Morgan fingerprint density at radius 3 is 3.12 bits per heavy atom. The number of nitrogens with one attached hydrogen (secondary N) is 1. The largest absolute Gasteiger partial charge is 0.355 e. The molecular weight excluding hydrogens is 220 g/mol. The van der Waals surface area contributed by atoms with E-state index in [0.29, 0.717) is 0 Å². The van der Waals surface area contributed by atoms with Crippen LogP contribution in [0.3, 0.4) is 0 Å². The molecule has 5 heteroatoms. The molecule has 2 heterocycles. The molecule has 0 aromatic carbocycles. The summed E-state index contributed by atoms with van der Waals surface area (Å²) in [5.41, 5.74) is 0. The number of nitrogens with zero attached hydrogens (tertiary/aromatic N) is 3. The predicted molar refractivity (Wildman–Crippen MR) is 66.7 cm³/mol. The van der Waals surface area contributed by atoms with Gasteiger partial charge in [-0.15, -0.1) is 17.9 Å². The molecular formula is C11H14N4S. The molecule has 0 saturated heterocycles. The maximum absolute atomic E-state index is 4.24. The molecule has 0 unspecified atom stereocenters. The van der Waals surface area contributed by atoms with Crippen LogP contribution in [0.1, 0.15) is 5.01 Å². The Labute approximate surface area is 98.7 Å². The van der Waals surface area contributed by atoms with Crippen molar-refractivity contribution < 1.29 is 0 Å². The summed E-state index contributed by atoms with van der Waals surface area (Å²) in [7, 11) is 0. The zero-order valence-corrected chi connectivity index (χ0v) is 9.78. The minimum atomic E-state index is 0.777. The van der Waals surface area contributed by atoms with Gasteiger partial charge in [-0.1, -0.05) is 6.08 Å². The Morgan fingerprint density at radius 1 is 1.44 bits per heavy atom. The fourth-order valence-electron chi connectivity index (χ4n) is 1.42. The van der Waals surface area contributed by atoms with Crippen LogP contribution in [0.2, 0.25) is 0 Å². The Morgan fingerprint density at radius 2 is 2.38 bits per heavy atom. The summed E-state index contributed by atoms with van der Waals surface area (Å²) in [6.45, 7) is 5.34. The molecule has 0 aliphatic carbocycles. The highest BCUT2D eigenvalue weighted by Crippen LogP contribution is 2.07. The lowest BCUT2D eigenvalue weighted by molar-refractivity contribution is 0.816. The third-order valence-corrected chi connectivity index (χ3v) is 2.99. The normalized spacial score (nSPS) is 10.2. The third kappa shape index (κ3) is 2.70. The van der Waals surface area contributed by atoms with E-state index < -0.39 is 0 Å². The van der Waals surface area contributed by atoms with E-state index in [9.17, 15) is 0 Å². The molecule has 1 N–H and O–H groups in total. The highest BCUT2D eigenvalue weighted by molar-refractivity contribution is 7.09. The number of rotatable bonds is 6. The molecule has 0 aliphatic rings. The monoisotopic (exact) mass is 234 g/mol. The first-order chi connectivity index (χ1) is 7.90. The molecule has 84 valence electrons. The van der Waals surface area contributed by atoms with E-state index in [1.807, 2.05) is 28.4 Å². The van der Waals surface area contributed by atoms with E-state index in [4.69, 9.17) is 0 Å². The molecule has 2 rings (SSSR count). The van der Waals surface area contributed by atoms with Crippen LogP contribution >= 0.6 is 11.3 Å². The SMILES string of the molecule is C=CCn1ccnc1NCCc1nccs1. The lowest BCUT2D eigenvalue weighted by atomic mass is 10.4. The van der Waals surface area contributed by atoms with Gasteiger partial charge in [0.1, 0.15) is 0 Å². The standard InChI is InChI=1S/C11H14N4S/c1-2-7-15-8-5-14-11(15)13-4-3-10-12-6-9-16-10/h2,5-6,8-9H,1,3-4,7H2,(H,13,14). The van der Waals surface area contributed by atoms with Crippen molar-refractivity contribution in [3.8, 4) is 0 Å². The van der Waals surface area contributed by atoms with Crippen LogP contribution in [-0.4, -0.2) is 21.1 Å². The zero-order chi connectivity index (χ0) is 11.2. The van der Waals surface area contributed by atoms with Gasteiger partial charge in [-0.25, -0.2) is 9.97 Å². The lowest BCUT2D eigenvalue weighted by Crippen LogP contribution is -2.10. The fourth-order valence-corrected chi connectivity index (χ4v) is 2.04. The highest BCUT2D eigenvalue weighted by Gasteiger charge is 2.00. The van der Waals surface area contributed by atoms with Gasteiger partial charge < -0.3 is 9.88 Å². The van der Waals surface area contributed by atoms with E-state index in [-0.39, 0.29) is 0 Å². The number of thiazole rings is 1. The van der Waals surface area contributed by atoms with Crippen LogP contribution in [0.15, 0.2) is 36.6 Å². The lowest BCUT2D eigenvalue weighted by Gasteiger charge is -2.06. The van der Waals surface area contributed by atoms with Crippen molar-refractivity contribution in [3.05, 3.63) is 41.6 Å². The molecule has 16 heavy (non-hydrogen) atoms. The first-order valence-electron chi connectivity index (χ1n) is 5.14. The second-order valence-corrected chi connectivity index (χ2v) is 4.27. The summed E-state index contributed by atoms with van der Waals surface area (Å²) >= 11 is 1.68. The Balaban J connectivity index is 1.84. The second kappa shape index (κ2) is 5.46. The minimum absolute atomic E-state index is 0.777. The molecule has 4 nitrogen and oxygen atoms in total. The van der Waals surface area contributed by atoms with Crippen molar-refractivity contribution in [1.29, 1.82) is 0 Å². The van der Waals surface area contributed by atoms with Crippen molar-refractivity contribution >= 4 is 17.3 Å². The van der Waals surface area contributed by atoms with Gasteiger partial charge in [0.2, 0.25) is 5.95 Å². The number of hydrogen-bond donors (Lipinski definition) is 1. The highest BCUT2D eigenvalue weighted by atomic mass is 32.1. The molecule has 2 aromatic heterocycles. The van der Waals surface area contributed by atoms with Crippen LogP contribution in [0.25, 0.3) is 0 Å². The van der Waals surface area contributed by atoms with E-state index in [1.54, 1.807) is 17.5 Å². The van der Waals surface area contributed by atoms with Gasteiger partial charge in [-0.05, 0) is 0 Å². The maximum atomic E-state index is 4.24. The van der Waals surface area contributed by atoms with Crippen LogP contribution in [0, 0.1) is 0 Å². The first kappa shape index (κ1) is 10.9. The van der Waals surface area contributed by atoms with Gasteiger partial charge in [0, 0.05) is 43.5 Å². The summed E-state index contributed by atoms with van der Waals surface area (Å²) in [5.74, 6) is 0.886. The summed E-state index contributed by atoms with van der Waals surface area (Å²) < 4.78 is 2.02. The van der Waals surface area contributed by atoms with Crippen molar-refractivity contribution in [2.45, 2.75) is 13.0 Å². The summed E-state index contributed by atoms with van der Waals surface area (Å²) in [6, 6.07) is 0. The number of aromatic nitrogens is 3. The van der Waals surface area contributed by atoms with Gasteiger partial charge in [-0.3, -0.25) is 0 Å². The van der Waals surface area contributed by atoms with Crippen molar-refractivity contribution in [2.24, 2.45) is 0 Å². The fraction of sp³-hybridized carbons (Fsp3) is 0.273. The van der Waals surface area contributed by atoms with Gasteiger partial charge in [0.15, 0.2) is 0 Å². The zero-order valence-electron chi connectivity index (χ0n) is 8.97. The molecule has 0 spiro atoms. The van der Waals surface area contributed by atoms with Crippen LogP contribution in [0.4, 0.5) is 5.95 Å². The molecule has 2 aromatic rings. The van der Waals surface area contributed by atoms with Crippen LogP contribution < -0.4 is 5.32 Å². The number of hydrogen-bond acceptors (Lipinski definition) is 4. The number of allylic oxidation sites excluding steroid dienone is 1. The molecule has 0 saturated carbocycles. The summed E-state index contributed by atoms with van der Waals surface area (Å²) in [4.78, 5) is 8.47. The molecule has 0 atom stereocenters. The van der Waals surface area contributed by atoms with Crippen LogP contribution in [0.5, 0.6) is 0 Å². The maximum Gasteiger partial charge on any atom is 0.203 e. The molecule has 0 bridgehead atoms. The number of anilines is 1. The van der Waals surface area contributed by atoms with Crippen molar-refractivity contribution in [2.75, 3.05) is 11.9 Å². The Hall–Kier alpha value is -1.62. The van der Waals surface area contributed by atoms with Gasteiger partial charge in [0.25, 0.3) is 0 Å². The average molecular weight is 234 g/mol. The Kier molecular flexibility index (Phi) is 3.71. The topological polar surface area (TPSA) is 42.7 Å². The van der Waals surface area contributed by atoms with Crippen molar-refractivity contribution in [1.82, 2.24) is 14.5 Å². The van der Waals surface area contributed by atoms with E-state index in [1.165, 1.54) is 0 Å². The summed E-state index contributed by atoms with van der Waals surface area (Å²) in [5, 5.41) is 6.43. The molecule has 0 aliphatic heterocycles. The van der Waals surface area contributed by atoms with Gasteiger partial charge >= 0.3 is 0 Å². The third-order valence-electron chi connectivity index (χ3n) is 2.15. The average Bonchev–Trinajstić information content (AvgIpc) is 2.91. The first-order valence-corrected chi connectivity index (χ1v) is 6.02. The number of imidazole rings is 1. The minimum Gasteiger partial charge on any atom is -0.355 e. The van der Waals surface area contributed by atoms with Crippen LogP contribution in [-0.2, 0) is 13.0 Å². The quantitative estimate of drug-likeness (QED) is 0.779. The Bertz CT molecular complexity index is 433. The molecule has 0 radical (unpaired) electrons. The van der Waals surface area contributed by atoms with Crippen molar-refractivity contribution in [3.63, 3.8) is 0 Å². The smallest absolute Gasteiger partial charge is 0.203 e. The molecule has 0 fully saturated rings. The second-order valence-electron chi connectivity index (χ2n) is 3.29. The van der Waals surface area contributed by atoms with Gasteiger partial charge in [0.05, 0.1) is 5.01 Å². The van der Waals surface area contributed by atoms with Gasteiger partial charge in [-0.2, -0.15) is 0 Å². The van der Waals surface area contributed by atoms with E-state index in [2.05, 4.69) is 21.9 Å².